The molecule has 0 saturated carbocycles. The van der Waals surface area contributed by atoms with Crippen LogP contribution in [0.4, 0.5) is 10.5 Å². The zero-order valence-electron chi connectivity index (χ0n) is 16.2. The Labute approximate surface area is 187 Å². The van der Waals surface area contributed by atoms with Crippen LogP contribution in [0, 0.1) is 6.92 Å². The van der Waals surface area contributed by atoms with Gasteiger partial charge in [-0.05, 0) is 76.1 Å². The number of halogens is 1. The molecule has 0 radical (unpaired) electrons. The SMILES string of the molecule is Cc1cccc(COc2ccc(/C=C3\SC(=O)N(c4ccccc4)C3=O)cc2Br)c1. The van der Waals surface area contributed by atoms with Crippen LogP contribution < -0.4 is 9.64 Å². The Morgan fingerprint density at radius 3 is 2.53 bits per heavy atom. The number of rotatable bonds is 5. The van der Waals surface area contributed by atoms with Crippen molar-refractivity contribution in [3.63, 3.8) is 0 Å². The third kappa shape index (κ3) is 4.50. The maximum absolute atomic E-state index is 12.7. The monoisotopic (exact) mass is 479 g/mol. The van der Waals surface area contributed by atoms with E-state index in [2.05, 4.69) is 22.0 Å². The molecule has 1 aliphatic heterocycles. The number of nitrogens with zero attached hydrogens (tertiary/aromatic N) is 1. The average molecular weight is 480 g/mol. The smallest absolute Gasteiger partial charge is 0.298 e. The zero-order chi connectivity index (χ0) is 21.1. The highest BCUT2D eigenvalue weighted by atomic mass is 79.9. The molecule has 3 aromatic rings. The Hall–Kier alpha value is -2.83. The molecule has 4 rings (SSSR count). The number of para-hydroxylation sites is 1. The fourth-order valence-electron chi connectivity index (χ4n) is 3.11. The lowest BCUT2D eigenvalue weighted by molar-refractivity contribution is -0.113. The van der Waals surface area contributed by atoms with E-state index >= 15 is 0 Å². The summed E-state index contributed by atoms with van der Waals surface area (Å²) in [5.74, 6) is 0.401. The van der Waals surface area contributed by atoms with E-state index in [1.807, 2.05) is 49.4 Å². The van der Waals surface area contributed by atoms with E-state index in [1.54, 1.807) is 30.3 Å². The lowest BCUT2D eigenvalue weighted by Crippen LogP contribution is -2.27. The number of hydrogen-bond donors (Lipinski definition) is 0. The number of thioether (sulfide) groups is 1. The minimum Gasteiger partial charge on any atom is -0.488 e. The minimum atomic E-state index is -0.313. The van der Waals surface area contributed by atoms with Gasteiger partial charge in [0.2, 0.25) is 0 Å². The van der Waals surface area contributed by atoms with Crippen molar-refractivity contribution in [2.75, 3.05) is 4.90 Å². The van der Waals surface area contributed by atoms with Gasteiger partial charge in [-0.1, -0.05) is 54.1 Å². The predicted octanol–water partition coefficient (Wildman–Crippen LogP) is 6.58. The van der Waals surface area contributed by atoms with Gasteiger partial charge in [0.05, 0.1) is 15.1 Å². The topological polar surface area (TPSA) is 46.6 Å². The molecule has 0 atom stereocenters. The first kappa shape index (κ1) is 20.4. The molecular weight excluding hydrogens is 462 g/mol. The molecule has 0 N–H and O–H groups in total. The molecule has 0 spiro atoms. The van der Waals surface area contributed by atoms with Gasteiger partial charge in [-0.15, -0.1) is 0 Å². The van der Waals surface area contributed by atoms with Crippen LogP contribution in [0.3, 0.4) is 0 Å². The van der Waals surface area contributed by atoms with E-state index in [0.717, 1.165) is 27.4 Å². The van der Waals surface area contributed by atoms with Gasteiger partial charge in [0.15, 0.2) is 0 Å². The second-order valence-electron chi connectivity index (χ2n) is 6.82. The normalized spacial score (nSPS) is 15.1. The van der Waals surface area contributed by atoms with E-state index < -0.39 is 0 Å². The van der Waals surface area contributed by atoms with Crippen molar-refractivity contribution in [1.82, 2.24) is 0 Å². The molecule has 1 aliphatic rings. The molecule has 1 saturated heterocycles. The number of benzene rings is 3. The van der Waals surface area contributed by atoms with E-state index in [4.69, 9.17) is 4.74 Å². The minimum absolute atomic E-state index is 0.297. The second-order valence-corrected chi connectivity index (χ2v) is 8.67. The van der Waals surface area contributed by atoms with E-state index in [-0.39, 0.29) is 11.1 Å². The summed E-state index contributed by atoms with van der Waals surface area (Å²) in [6, 6.07) is 22.7. The zero-order valence-corrected chi connectivity index (χ0v) is 18.6. The van der Waals surface area contributed by atoms with Crippen LogP contribution in [0.1, 0.15) is 16.7 Å². The van der Waals surface area contributed by atoms with Crippen LogP contribution in [-0.4, -0.2) is 11.1 Å². The highest BCUT2D eigenvalue weighted by Crippen LogP contribution is 2.36. The average Bonchev–Trinajstić information content (AvgIpc) is 3.01. The highest BCUT2D eigenvalue weighted by Gasteiger charge is 2.36. The quantitative estimate of drug-likeness (QED) is 0.387. The molecule has 1 heterocycles. The number of carbonyl (C=O) groups excluding carboxylic acids is 2. The highest BCUT2D eigenvalue weighted by molar-refractivity contribution is 9.10. The van der Waals surface area contributed by atoms with Gasteiger partial charge >= 0.3 is 0 Å². The Bertz CT molecular complexity index is 1140. The Kier molecular flexibility index (Phi) is 6.06. The fourth-order valence-corrected chi connectivity index (χ4v) is 4.46. The second kappa shape index (κ2) is 8.90. The molecule has 150 valence electrons. The largest absolute Gasteiger partial charge is 0.488 e. The summed E-state index contributed by atoms with van der Waals surface area (Å²) in [6.45, 7) is 2.52. The van der Waals surface area contributed by atoms with Gasteiger partial charge in [-0.25, -0.2) is 4.90 Å². The lowest BCUT2D eigenvalue weighted by Gasteiger charge is -2.11. The number of ether oxygens (including phenoxy) is 1. The Morgan fingerprint density at radius 2 is 1.80 bits per heavy atom. The van der Waals surface area contributed by atoms with Crippen molar-refractivity contribution >= 4 is 50.6 Å². The number of carbonyl (C=O) groups is 2. The maximum Gasteiger partial charge on any atom is 0.298 e. The molecule has 6 heteroatoms. The molecule has 3 aromatic carbocycles. The van der Waals surface area contributed by atoms with Gasteiger partial charge in [0.25, 0.3) is 11.1 Å². The standard InChI is InChI=1S/C24H18BrNO3S/c1-16-6-5-7-18(12-16)15-29-21-11-10-17(13-20(21)25)14-22-23(27)26(24(28)30-22)19-8-3-2-4-9-19/h2-14H,15H2,1H3/b22-14-. The van der Waals surface area contributed by atoms with Crippen molar-refractivity contribution in [3.8, 4) is 5.75 Å². The van der Waals surface area contributed by atoms with E-state index in [1.165, 1.54) is 10.5 Å². The van der Waals surface area contributed by atoms with Gasteiger partial charge in [-0.2, -0.15) is 0 Å². The molecule has 4 nitrogen and oxygen atoms in total. The number of hydrogen-bond acceptors (Lipinski definition) is 4. The number of aryl methyl sites for hydroxylation is 1. The van der Waals surface area contributed by atoms with Crippen LogP contribution in [0.2, 0.25) is 0 Å². The summed E-state index contributed by atoms with van der Waals surface area (Å²) in [5.41, 5.74) is 3.67. The first-order chi connectivity index (χ1) is 14.5. The van der Waals surface area contributed by atoms with Gasteiger partial charge in [0, 0.05) is 0 Å². The molecule has 0 aromatic heterocycles. The van der Waals surface area contributed by atoms with Crippen molar-refractivity contribution < 1.29 is 14.3 Å². The summed E-state index contributed by atoms with van der Waals surface area (Å²) in [6.07, 6.45) is 1.73. The third-order valence-corrected chi connectivity index (χ3v) is 6.03. The first-order valence-corrected chi connectivity index (χ1v) is 10.9. The Balaban J connectivity index is 1.50. The van der Waals surface area contributed by atoms with Gasteiger partial charge in [0.1, 0.15) is 12.4 Å². The van der Waals surface area contributed by atoms with E-state index in [0.29, 0.717) is 22.9 Å². The van der Waals surface area contributed by atoms with Crippen LogP contribution in [-0.2, 0) is 11.4 Å². The Morgan fingerprint density at radius 1 is 1.00 bits per heavy atom. The van der Waals surface area contributed by atoms with Crippen molar-refractivity contribution in [2.24, 2.45) is 0 Å². The van der Waals surface area contributed by atoms with Crippen LogP contribution in [0.25, 0.3) is 6.08 Å². The molecule has 30 heavy (non-hydrogen) atoms. The van der Waals surface area contributed by atoms with Crippen molar-refractivity contribution in [2.45, 2.75) is 13.5 Å². The van der Waals surface area contributed by atoms with Gasteiger partial charge < -0.3 is 4.74 Å². The van der Waals surface area contributed by atoms with Crippen molar-refractivity contribution in [3.05, 3.63) is 98.9 Å². The first-order valence-electron chi connectivity index (χ1n) is 9.32. The van der Waals surface area contributed by atoms with Crippen LogP contribution >= 0.6 is 27.7 Å². The summed E-state index contributed by atoms with van der Waals surface area (Å²) in [7, 11) is 0. The molecule has 1 fully saturated rings. The maximum atomic E-state index is 12.7. The summed E-state index contributed by atoms with van der Waals surface area (Å²) in [4.78, 5) is 26.7. The van der Waals surface area contributed by atoms with Crippen LogP contribution in [0.15, 0.2) is 82.2 Å². The molecular formula is C24H18BrNO3S. The van der Waals surface area contributed by atoms with Crippen LogP contribution in [0.5, 0.6) is 5.75 Å². The number of amides is 2. The lowest BCUT2D eigenvalue weighted by atomic mass is 10.1. The summed E-state index contributed by atoms with van der Waals surface area (Å²) in [5, 5.41) is -0.297. The third-order valence-electron chi connectivity index (χ3n) is 4.54. The summed E-state index contributed by atoms with van der Waals surface area (Å²) >= 11 is 4.48. The number of imide groups is 1. The molecule has 0 bridgehead atoms. The van der Waals surface area contributed by atoms with Gasteiger partial charge in [-0.3, -0.25) is 9.59 Å². The summed E-state index contributed by atoms with van der Waals surface area (Å²) < 4.78 is 6.70. The number of anilines is 1. The van der Waals surface area contributed by atoms with E-state index in [9.17, 15) is 9.59 Å². The molecule has 2 amide bonds. The predicted molar refractivity (Wildman–Crippen MR) is 125 cm³/mol. The fraction of sp³-hybridized carbons (Fsp3) is 0.0833. The molecule has 0 aliphatic carbocycles. The molecule has 0 unspecified atom stereocenters. The van der Waals surface area contributed by atoms with Crippen molar-refractivity contribution in [1.29, 1.82) is 0 Å².